The molecule has 1 atom stereocenters. The molecule has 2 aromatic carbocycles. The maximum absolute atomic E-state index is 5.70. The van der Waals surface area contributed by atoms with Crippen molar-refractivity contribution in [3.8, 4) is 23.0 Å². The van der Waals surface area contributed by atoms with E-state index in [1.807, 2.05) is 38.1 Å². The largest absolute Gasteiger partial charge is 0.496 e. The van der Waals surface area contributed by atoms with Gasteiger partial charge in [-0.1, -0.05) is 19.1 Å². The lowest BCUT2D eigenvalue weighted by atomic mass is 9.92. The minimum atomic E-state index is 0.173. The molecule has 0 amide bonds. The number of hydrogen-bond donors (Lipinski definition) is 0. The maximum atomic E-state index is 5.70. The van der Waals surface area contributed by atoms with Crippen LogP contribution in [-0.4, -0.2) is 20.0 Å². The van der Waals surface area contributed by atoms with Gasteiger partial charge >= 0.3 is 0 Å². The van der Waals surface area contributed by atoms with Crippen molar-refractivity contribution in [2.75, 3.05) is 13.9 Å². The smallest absolute Gasteiger partial charge is 0.231 e. The first-order chi connectivity index (χ1) is 11.1. The molecule has 0 saturated heterocycles. The van der Waals surface area contributed by atoms with E-state index >= 15 is 0 Å². The summed E-state index contributed by atoms with van der Waals surface area (Å²) in [6.45, 7) is 6.46. The van der Waals surface area contributed by atoms with Crippen LogP contribution in [0.1, 0.15) is 37.8 Å². The fraction of sp³-hybridized carbons (Fsp3) is 0.368. The third-order valence-electron chi connectivity index (χ3n) is 3.94. The third kappa shape index (κ3) is 3.21. The van der Waals surface area contributed by atoms with E-state index in [1.54, 1.807) is 7.11 Å². The van der Waals surface area contributed by atoms with E-state index in [-0.39, 0.29) is 18.8 Å². The van der Waals surface area contributed by atoms with Gasteiger partial charge < -0.3 is 18.9 Å². The first-order valence-corrected chi connectivity index (χ1v) is 7.82. The highest BCUT2D eigenvalue weighted by Gasteiger charge is 2.21. The van der Waals surface area contributed by atoms with Crippen molar-refractivity contribution < 1.29 is 18.9 Å². The Kier molecular flexibility index (Phi) is 4.33. The number of benzene rings is 2. The molecule has 4 nitrogen and oxygen atoms in total. The summed E-state index contributed by atoms with van der Waals surface area (Å²) >= 11 is 0. The van der Waals surface area contributed by atoms with E-state index in [1.165, 1.54) is 5.56 Å². The first-order valence-electron chi connectivity index (χ1n) is 7.82. The molecule has 1 heterocycles. The quantitative estimate of drug-likeness (QED) is 0.821. The molecule has 122 valence electrons. The summed E-state index contributed by atoms with van der Waals surface area (Å²) in [4.78, 5) is 0. The Balaban J connectivity index is 1.89. The van der Waals surface area contributed by atoms with E-state index in [2.05, 4.69) is 19.1 Å². The SMILES string of the molecule is COc1cc2c(cc1[C@@H](C)c1ccc(OC(C)C)cc1)OCO2. The molecule has 0 N–H and O–H groups in total. The lowest BCUT2D eigenvalue weighted by molar-refractivity contribution is 0.174. The van der Waals surface area contributed by atoms with Crippen LogP contribution in [0.25, 0.3) is 0 Å². The summed E-state index contributed by atoms with van der Waals surface area (Å²) in [6, 6.07) is 12.1. The molecule has 23 heavy (non-hydrogen) atoms. The van der Waals surface area contributed by atoms with Gasteiger partial charge in [-0.05, 0) is 37.6 Å². The summed E-state index contributed by atoms with van der Waals surface area (Å²) in [5.41, 5.74) is 2.27. The van der Waals surface area contributed by atoms with Gasteiger partial charge in [-0.25, -0.2) is 0 Å². The molecular formula is C19H22O4. The summed E-state index contributed by atoms with van der Waals surface area (Å²) in [6.07, 6.45) is 0.173. The van der Waals surface area contributed by atoms with Gasteiger partial charge in [0.05, 0.1) is 13.2 Å². The van der Waals surface area contributed by atoms with Crippen molar-refractivity contribution in [1.82, 2.24) is 0 Å². The van der Waals surface area contributed by atoms with E-state index in [4.69, 9.17) is 18.9 Å². The molecule has 0 aromatic heterocycles. The van der Waals surface area contributed by atoms with Gasteiger partial charge in [0.1, 0.15) is 11.5 Å². The average Bonchev–Trinajstić information content (AvgIpc) is 3.00. The van der Waals surface area contributed by atoms with Gasteiger partial charge in [0.2, 0.25) is 6.79 Å². The van der Waals surface area contributed by atoms with Gasteiger partial charge in [0.25, 0.3) is 0 Å². The fourth-order valence-electron chi connectivity index (χ4n) is 2.74. The summed E-state index contributed by atoms with van der Waals surface area (Å²) < 4.78 is 22.1. The molecular weight excluding hydrogens is 292 g/mol. The van der Waals surface area contributed by atoms with Crippen LogP contribution >= 0.6 is 0 Å². The molecule has 1 aliphatic rings. The lowest BCUT2D eigenvalue weighted by Gasteiger charge is -2.18. The zero-order valence-electron chi connectivity index (χ0n) is 14.0. The Labute approximate surface area is 136 Å². The van der Waals surface area contributed by atoms with Crippen LogP contribution < -0.4 is 18.9 Å². The van der Waals surface area contributed by atoms with Crippen LogP contribution in [-0.2, 0) is 0 Å². The van der Waals surface area contributed by atoms with Crippen LogP contribution in [0, 0.1) is 0 Å². The van der Waals surface area contributed by atoms with Crippen LogP contribution in [0.5, 0.6) is 23.0 Å². The van der Waals surface area contributed by atoms with Crippen molar-refractivity contribution in [2.24, 2.45) is 0 Å². The molecule has 0 bridgehead atoms. The van der Waals surface area contributed by atoms with E-state index in [9.17, 15) is 0 Å². The van der Waals surface area contributed by atoms with Crippen molar-refractivity contribution in [2.45, 2.75) is 32.8 Å². The Morgan fingerprint density at radius 3 is 2.22 bits per heavy atom. The molecule has 2 aromatic rings. The summed E-state index contributed by atoms with van der Waals surface area (Å²) in [7, 11) is 1.67. The molecule has 0 aliphatic carbocycles. The third-order valence-corrected chi connectivity index (χ3v) is 3.94. The zero-order chi connectivity index (χ0) is 16.4. The predicted octanol–water partition coefficient (Wildman–Crippen LogP) is 4.36. The molecule has 1 aliphatic heterocycles. The van der Waals surface area contributed by atoms with Crippen molar-refractivity contribution in [3.05, 3.63) is 47.5 Å². The standard InChI is InChI=1S/C19H22O4/c1-12(2)23-15-7-5-14(6-8-15)13(3)16-9-18-19(22-11-21-18)10-17(16)20-4/h5-10,12-13H,11H2,1-4H3/t13-/m0/s1. The van der Waals surface area contributed by atoms with Gasteiger partial charge in [0.15, 0.2) is 11.5 Å². The topological polar surface area (TPSA) is 36.9 Å². The fourth-order valence-corrected chi connectivity index (χ4v) is 2.74. The van der Waals surface area contributed by atoms with Crippen molar-refractivity contribution >= 4 is 0 Å². The minimum absolute atomic E-state index is 0.173. The van der Waals surface area contributed by atoms with E-state index < -0.39 is 0 Å². The number of methoxy groups -OCH3 is 1. The predicted molar refractivity (Wildman–Crippen MR) is 88.8 cm³/mol. The average molecular weight is 314 g/mol. The van der Waals surface area contributed by atoms with Gasteiger partial charge in [-0.3, -0.25) is 0 Å². The molecule has 0 unspecified atom stereocenters. The second kappa shape index (κ2) is 6.41. The Hall–Kier alpha value is -2.36. The van der Waals surface area contributed by atoms with Gasteiger partial charge in [-0.15, -0.1) is 0 Å². The number of rotatable bonds is 5. The minimum Gasteiger partial charge on any atom is -0.496 e. The molecule has 0 fully saturated rings. The van der Waals surface area contributed by atoms with Gasteiger partial charge in [0, 0.05) is 17.5 Å². The molecule has 0 spiro atoms. The molecule has 3 rings (SSSR count). The second-order valence-corrected chi connectivity index (χ2v) is 5.90. The lowest BCUT2D eigenvalue weighted by Crippen LogP contribution is -2.05. The molecule has 0 radical (unpaired) electrons. The van der Waals surface area contributed by atoms with Crippen LogP contribution in [0.4, 0.5) is 0 Å². The highest BCUT2D eigenvalue weighted by Crippen LogP contribution is 2.42. The van der Waals surface area contributed by atoms with Crippen LogP contribution in [0.2, 0.25) is 0 Å². The van der Waals surface area contributed by atoms with Crippen molar-refractivity contribution in [1.29, 1.82) is 0 Å². The van der Waals surface area contributed by atoms with Crippen LogP contribution in [0.15, 0.2) is 36.4 Å². The first kappa shape index (κ1) is 15.5. The Bertz CT molecular complexity index is 677. The van der Waals surface area contributed by atoms with E-state index in [0.717, 1.165) is 28.6 Å². The monoisotopic (exact) mass is 314 g/mol. The normalized spacial score (nSPS) is 14.0. The number of fused-ring (bicyclic) bond motifs is 1. The highest BCUT2D eigenvalue weighted by atomic mass is 16.7. The molecule has 0 saturated carbocycles. The Morgan fingerprint density at radius 1 is 0.957 bits per heavy atom. The highest BCUT2D eigenvalue weighted by molar-refractivity contribution is 5.54. The summed E-state index contributed by atoms with van der Waals surface area (Å²) in [5.74, 6) is 3.37. The van der Waals surface area contributed by atoms with Gasteiger partial charge in [-0.2, -0.15) is 0 Å². The molecule has 4 heteroatoms. The van der Waals surface area contributed by atoms with Crippen molar-refractivity contribution in [3.63, 3.8) is 0 Å². The zero-order valence-corrected chi connectivity index (χ0v) is 14.0. The van der Waals surface area contributed by atoms with Crippen LogP contribution in [0.3, 0.4) is 0 Å². The number of hydrogen-bond acceptors (Lipinski definition) is 4. The second-order valence-electron chi connectivity index (χ2n) is 5.90. The number of ether oxygens (including phenoxy) is 4. The summed E-state index contributed by atoms with van der Waals surface area (Å²) in [5, 5.41) is 0. The Morgan fingerprint density at radius 2 is 1.61 bits per heavy atom. The maximum Gasteiger partial charge on any atom is 0.231 e. The van der Waals surface area contributed by atoms with E-state index in [0.29, 0.717) is 0 Å².